The monoisotopic (exact) mass is 197 g/mol. The minimum Gasteiger partial charge on any atom is -0.293 e. The van der Waals surface area contributed by atoms with Crippen molar-refractivity contribution in [2.45, 2.75) is 6.42 Å². The molecule has 2 aromatic rings. The van der Waals surface area contributed by atoms with Gasteiger partial charge in [-0.05, 0) is 18.2 Å². The van der Waals surface area contributed by atoms with Gasteiger partial charge >= 0.3 is 0 Å². The predicted octanol–water partition coefficient (Wildman–Crippen LogP) is 1.73. The van der Waals surface area contributed by atoms with Gasteiger partial charge in [0.2, 0.25) is 0 Å². The Morgan fingerprint density at radius 1 is 1.27 bits per heavy atom. The number of fused-ring (bicyclic) bond motifs is 1. The summed E-state index contributed by atoms with van der Waals surface area (Å²) in [7, 11) is 0. The Morgan fingerprint density at radius 2 is 2.00 bits per heavy atom. The van der Waals surface area contributed by atoms with Crippen LogP contribution >= 0.6 is 0 Å². The van der Waals surface area contributed by atoms with Crippen molar-refractivity contribution in [3.63, 3.8) is 0 Å². The number of benzene rings is 1. The second kappa shape index (κ2) is 3.84. The molecule has 0 amide bonds. The number of hydrogen-bond donors (Lipinski definition) is 0. The molecule has 0 aliphatic carbocycles. The second-order valence-electron chi connectivity index (χ2n) is 3.02. The van der Waals surface area contributed by atoms with Crippen molar-refractivity contribution < 1.29 is 4.79 Å². The van der Waals surface area contributed by atoms with Crippen LogP contribution in [0.25, 0.3) is 11.0 Å². The van der Waals surface area contributed by atoms with Gasteiger partial charge in [-0.25, -0.2) is 0 Å². The Kier molecular flexibility index (Phi) is 2.38. The fourth-order valence-corrected chi connectivity index (χ4v) is 1.31. The lowest BCUT2D eigenvalue weighted by atomic mass is 10.1. The lowest BCUT2D eigenvalue weighted by molar-refractivity contribution is 0.0998. The van der Waals surface area contributed by atoms with Gasteiger partial charge in [-0.15, -0.1) is 0 Å². The molecule has 0 bridgehead atoms. The highest BCUT2D eigenvalue weighted by atomic mass is 16.1. The number of ketones is 1. The van der Waals surface area contributed by atoms with E-state index in [1.807, 2.05) is 6.07 Å². The molecule has 2 rings (SSSR count). The van der Waals surface area contributed by atoms with Gasteiger partial charge in [0.25, 0.3) is 0 Å². The molecule has 72 valence electrons. The highest BCUT2D eigenvalue weighted by molar-refractivity contribution is 5.99. The highest BCUT2D eigenvalue weighted by Gasteiger charge is 2.06. The molecule has 4 nitrogen and oxygen atoms in total. The number of carbonyl (C=O) groups excluding carboxylic acids is 1. The third kappa shape index (κ3) is 1.81. The summed E-state index contributed by atoms with van der Waals surface area (Å²) in [6.07, 6.45) is 3.06. The zero-order valence-corrected chi connectivity index (χ0v) is 7.84. The van der Waals surface area contributed by atoms with Gasteiger partial charge in [0.05, 0.1) is 23.5 Å². The first-order valence-corrected chi connectivity index (χ1v) is 4.42. The quantitative estimate of drug-likeness (QED) is 0.687. The van der Waals surface area contributed by atoms with Crippen LogP contribution in [-0.4, -0.2) is 15.8 Å². The molecule has 0 atom stereocenters. The van der Waals surface area contributed by atoms with E-state index >= 15 is 0 Å². The van der Waals surface area contributed by atoms with Crippen molar-refractivity contribution in [3.8, 4) is 6.07 Å². The predicted molar refractivity (Wildman–Crippen MR) is 54.1 cm³/mol. The summed E-state index contributed by atoms with van der Waals surface area (Å²) in [5.74, 6) is -0.190. The topological polar surface area (TPSA) is 66.6 Å². The van der Waals surface area contributed by atoms with Gasteiger partial charge in [0.1, 0.15) is 0 Å². The smallest absolute Gasteiger partial charge is 0.176 e. The average molecular weight is 197 g/mol. The molecule has 0 saturated carbocycles. The van der Waals surface area contributed by atoms with Crippen molar-refractivity contribution in [3.05, 3.63) is 36.2 Å². The van der Waals surface area contributed by atoms with E-state index in [9.17, 15) is 4.79 Å². The Morgan fingerprint density at radius 3 is 2.73 bits per heavy atom. The van der Waals surface area contributed by atoms with Gasteiger partial charge < -0.3 is 0 Å². The zero-order valence-electron chi connectivity index (χ0n) is 7.84. The Balaban J connectivity index is 2.48. The van der Waals surface area contributed by atoms with Crippen LogP contribution in [0.3, 0.4) is 0 Å². The summed E-state index contributed by atoms with van der Waals surface area (Å²) in [5.41, 5.74) is 1.91. The molecule has 1 aromatic carbocycles. The standard InChI is InChI=1S/C11H7N3O/c12-4-3-11(15)8-1-2-9-10(7-8)14-6-5-13-9/h1-2,5-7H,3H2. The van der Waals surface area contributed by atoms with E-state index in [-0.39, 0.29) is 12.2 Å². The van der Waals surface area contributed by atoms with E-state index in [1.54, 1.807) is 30.6 Å². The Bertz CT molecular complexity index is 557. The second-order valence-corrected chi connectivity index (χ2v) is 3.02. The van der Waals surface area contributed by atoms with Gasteiger partial charge in [-0.1, -0.05) is 0 Å². The molecule has 4 heteroatoms. The third-order valence-electron chi connectivity index (χ3n) is 2.03. The van der Waals surface area contributed by atoms with Gasteiger partial charge in [-0.2, -0.15) is 5.26 Å². The highest BCUT2D eigenvalue weighted by Crippen LogP contribution is 2.12. The van der Waals surface area contributed by atoms with E-state index in [1.165, 1.54) is 0 Å². The molecule has 15 heavy (non-hydrogen) atoms. The van der Waals surface area contributed by atoms with E-state index in [4.69, 9.17) is 5.26 Å². The average Bonchev–Trinajstić information content (AvgIpc) is 2.29. The molecular formula is C11H7N3O. The zero-order chi connectivity index (χ0) is 10.7. The number of Topliss-reactive ketones (excluding diaryl/α,β-unsaturated/α-hetero) is 1. The number of rotatable bonds is 2. The van der Waals surface area contributed by atoms with Gasteiger partial charge in [0.15, 0.2) is 5.78 Å². The van der Waals surface area contributed by atoms with Crippen molar-refractivity contribution in [1.82, 2.24) is 9.97 Å². The summed E-state index contributed by atoms with van der Waals surface area (Å²) in [6.45, 7) is 0. The molecular weight excluding hydrogens is 190 g/mol. The van der Waals surface area contributed by atoms with Gasteiger partial charge in [0, 0.05) is 18.0 Å². The van der Waals surface area contributed by atoms with Crippen molar-refractivity contribution >= 4 is 16.8 Å². The summed E-state index contributed by atoms with van der Waals surface area (Å²) >= 11 is 0. The number of nitrogens with zero attached hydrogens (tertiary/aromatic N) is 3. The lowest BCUT2D eigenvalue weighted by Gasteiger charge is -1.98. The van der Waals surface area contributed by atoms with Crippen LogP contribution < -0.4 is 0 Å². The molecule has 0 fully saturated rings. The van der Waals surface area contributed by atoms with E-state index in [2.05, 4.69) is 9.97 Å². The first kappa shape index (κ1) is 9.28. The van der Waals surface area contributed by atoms with Crippen LogP contribution in [0.2, 0.25) is 0 Å². The normalized spacial score (nSPS) is 9.80. The minimum absolute atomic E-state index is 0.105. The molecule has 1 heterocycles. The van der Waals surface area contributed by atoms with Crippen LogP contribution in [0, 0.1) is 11.3 Å². The first-order valence-electron chi connectivity index (χ1n) is 4.42. The van der Waals surface area contributed by atoms with Crippen molar-refractivity contribution in [2.75, 3.05) is 0 Å². The number of carbonyl (C=O) groups is 1. The third-order valence-corrected chi connectivity index (χ3v) is 2.03. The van der Waals surface area contributed by atoms with Crippen molar-refractivity contribution in [2.24, 2.45) is 0 Å². The van der Waals surface area contributed by atoms with Crippen LogP contribution in [0.4, 0.5) is 0 Å². The van der Waals surface area contributed by atoms with Crippen LogP contribution in [0.15, 0.2) is 30.6 Å². The maximum atomic E-state index is 11.4. The molecule has 0 saturated heterocycles. The van der Waals surface area contributed by atoms with Crippen LogP contribution in [0.1, 0.15) is 16.8 Å². The van der Waals surface area contributed by atoms with E-state index < -0.39 is 0 Å². The first-order chi connectivity index (χ1) is 7.31. The molecule has 0 aliphatic rings. The summed E-state index contributed by atoms with van der Waals surface area (Å²) in [4.78, 5) is 19.6. The molecule has 0 radical (unpaired) electrons. The molecule has 0 aliphatic heterocycles. The van der Waals surface area contributed by atoms with E-state index in [0.717, 1.165) is 5.52 Å². The minimum atomic E-state index is -0.190. The Labute approximate surface area is 86.2 Å². The number of nitriles is 1. The maximum absolute atomic E-state index is 11.4. The molecule has 0 unspecified atom stereocenters. The summed E-state index contributed by atoms with van der Waals surface area (Å²) in [5, 5.41) is 8.41. The van der Waals surface area contributed by atoms with Gasteiger partial charge in [-0.3, -0.25) is 14.8 Å². The number of aromatic nitrogens is 2. The Hall–Kier alpha value is -2.28. The summed E-state index contributed by atoms with van der Waals surface area (Å²) < 4.78 is 0. The van der Waals surface area contributed by atoms with E-state index in [0.29, 0.717) is 11.1 Å². The molecule has 1 aromatic heterocycles. The fourth-order valence-electron chi connectivity index (χ4n) is 1.31. The lowest BCUT2D eigenvalue weighted by Crippen LogP contribution is -1.97. The van der Waals surface area contributed by atoms with Crippen LogP contribution in [0.5, 0.6) is 0 Å². The van der Waals surface area contributed by atoms with Crippen LogP contribution in [-0.2, 0) is 0 Å². The molecule has 0 spiro atoms. The number of hydrogen-bond acceptors (Lipinski definition) is 4. The maximum Gasteiger partial charge on any atom is 0.176 e. The SMILES string of the molecule is N#CCC(=O)c1ccc2nccnc2c1. The van der Waals surface area contributed by atoms with Crippen molar-refractivity contribution in [1.29, 1.82) is 5.26 Å². The summed E-state index contributed by atoms with van der Waals surface area (Å²) in [6, 6.07) is 6.88. The fraction of sp³-hybridized carbons (Fsp3) is 0.0909. The largest absolute Gasteiger partial charge is 0.293 e. The molecule has 0 N–H and O–H groups in total.